The molecule has 0 atom stereocenters. The Bertz CT molecular complexity index is 5110. The van der Waals surface area contributed by atoms with Gasteiger partial charge in [-0.2, -0.15) is 0 Å². The van der Waals surface area contributed by atoms with Crippen LogP contribution in [0, 0.1) is 0 Å². The van der Waals surface area contributed by atoms with E-state index in [1.165, 1.54) is 32.5 Å². The molecule has 102 heavy (non-hydrogen) atoms. The van der Waals surface area contributed by atoms with E-state index in [1.54, 1.807) is 102 Å². The van der Waals surface area contributed by atoms with E-state index in [0.717, 1.165) is 183 Å². The molecular formula is C74H50Co2N10O10S6. The number of benzene rings is 4. The fourth-order valence-corrected chi connectivity index (χ4v) is 17.2. The average molecular weight is 1550 g/mol. The molecule has 14 aromatic heterocycles. The zero-order valence-electron chi connectivity index (χ0n) is 53.6. The number of aromatic nitrogens is 8. The minimum Gasteiger partial charge on any atom is -0.544 e. The van der Waals surface area contributed by atoms with Gasteiger partial charge in [0.1, 0.15) is 0 Å². The first-order valence-electron chi connectivity index (χ1n) is 29.8. The van der Waals surface area contributed by atoms with Crippen molar-refractivity contribution < 1.29 is 82.8 Å². The third-order valence-corrected chi connectivity index (χ3v) is 21.7. The molecule has 0 spiro atoms. The third-order valence-electron chi connectivity index (χ3n) is 14.2. The maximum absolute atomic E-state index is 10.7. The number of amides is 2. The van der Waals surface area contributed by atoms with Gasteiger partial charge in [0.05, 0.1) is 106 Å². The van der Waals surface area contributed by atoms with Crippen LogP contribution in [0.1, 0.15) is 38.7 Å². The summed E-state index contributed by atoms with van der Waals surface area (Å²) in [5.74, 6) is -4.82. The molecule has 0 aliphatic carbocycles. The van der Waals surface area contributed by atoms with E-state index in [4.69, 9.17) is 0 Å². The van der Waals surface area contributed by atoms with Crippen LogP contribution in [-0.2, 0) is 43.1 Å². The van der Waals surface area contributed by atoms with Crippen molar-refractivity contribution in [2.24, 2.45) is 0 Å². The van der Waals surface area contributed by atoms with Crippen molar-refractivity contribution in [1.29, 1.82) is 0 Å². The van der Waals surface area contributed by atoms with Crippen LogP contribution in [0.25, 0.3) is 125 Å². The summed E-state index contributed by atoms with van der Waals surface area (Å²) in [4.78, 5) is 100. The van der Waals surface area contributed by atoms with Gasteiger partial charge in [0.25, 0.3) is 0 Å². The summed E-state index contributed by atoms with van der Waals surface area (Å²) in [7, 11) is 6.75. The minimum absolute atomic E-state index is 0. The van der Waals surface area contributed by atoms with Gasteiger partial charge < -0.3 is 49.4 Å². The molecule has 28 heteroatoms. The second-order valence-electron chi connectivity index (χ2n) is 21.6. The summed E-state index contributed by atoms with van der Waals surface area (Å²) in [6.45, 7) is 0. The maximum Gasteiger partial charge on any atom is 2.00 e. The molecular weight excluding hydrogens is 1500 g/mol. The summed E-state index contributed by atoms with van der Waals surface area (Å²) in [5, 5.41) is 52.0. The summed E-state index contributed by atoms with van der Waals surface area (Å²) in [6, 6.07) is 54.8. The van der Waals surface area contributed by atoms with Gasteiger partial charge in [-0.15, -0.1) is 68.0 Å². The molecule has 2 radical (unpaired) electrons. The predicted molar refractivity (Wildman–Crippen MR) is 395 cm³/mol. The summed E-state index contributed by atoms with van der Waals surface area (Å²) in [6.07, 6.45) is 15.9. The quantitative estimate of drug-likeness (QED) is 0.110. The fraction of sp³-hybridized carbons (Fsp3) is 0.0541. The number of carboxylic acid groups (broad SMARTS) is 4. The van der Waals surface area contributed by atoms with E-state index >= 15 is 0 Å². The first-order chi connectivity index (χ1) is 48.5. The molecule has 510 valence electrons. The zero-order valence-corrected chi connectivity index (χ0v) is 60.6. The molecule has 0 fully saturated rings. The number of carbonyl (C=O) groups excluding carboxylic acids is 6. The Morgan fingerprint density at radius 1 is 0.284 bits per heavy atom. The molecule has 20 nitrogen and oxygen atoms in total. The first kappa shape index (κ1) is 75.4. The van der Waals surface area contributed by atoms with Crippen LogP contribution < -0.4 is 20.4 Å². The normalized spacial score (nSPS) is 10.4. The van der Waals surface area contributed by atoms with Crippen LogP contribution in [0.4, 0.5) is 0 Å². The number of thiophene rings is 6. The largest absolute Gasteiger partial charge is 2.00 e. The van der Waals surface area contributed by atoms with E-state index in [9.17, 15) is 49.2 Å². The van der Waals surface area contributed by atoms with Gasteiger partial charge in [0.15, 0.2) is 0 Å². The molecule has 4 aromatic carbocycles. The number of hydrogen-bond acceptors (Lipinski definition) is 24. The van der Waals surface area contributed by atoms with E-state index < -0.39 is 23.9 Å². The van der Waals surface area contributed by atoms with Crippen molar-refractivity contribution in [3.05, 3.63) is 239 Å². The van der Waals surface area contributed by atoms with Crippen molar-refractivity contribution in [3.8, 4) is 0 Å². The van der Waals surface area contributed by atoms with Crippen molar-refractivity contribution in [3.63, 3.8) is 0 Å². The van der Waals surface area contributed by atoms with Gasteiger partial charge in [-0.25, -0.2) is 0 Å². The Kier molecular flexibility index (Phi) is 25.9. The summed E-state index contributed by atoms with van der Waals surface area (Å²) >= 11 is 7.20. The van der Waals surface area contributed by atoms with Crippen LogP contribution in [-0.4, -0.2) is 115 Å². The van der Waals surface area contributed by atoms with Gasteiger partial charge in [-0.05, 0) is 72.8 Å². The number of pyridine rings is 8. The monoisotopic (exact) mass is 1550 g/mol. The number of fused-ring (bicyclic) bond motifs is 18. The molecule has 18 rings (SSSR count). The van der Waals surface area contributed by atoms with E-state index in [-0.39, 0.29) is 53.1 Å². The number of nitrogens with zero attached hydrogens (tertiary/aromatic N) is 10. The number of rotatable bonds is 6. The Balaban J connectivity index is 0.000000138. The fourth-order valence-electron chi connectivity index (χ4n) is 9.79. The second-order valence-corrected chi connectivity index (χ2v) is 27.9. The molecule has 0 unspecified atom stereocenters. The summed E-state index contributed by atoms with van der Waals surface area (Å²) < 4.78 is 6.62. The predicted octanol–water partition coefficient (Wildman–Crippen LogP) is 12.3. The number of aromatic carboxylic acids is 4. The molecule has 0 aliphatic heterocycles. The van der Waals surface area contributed by atoms with E-state index in [2.05, 4.69) is 137 Å². The number of hydrogen-bond donors (Lipinski definition) is 0. The van der Waals surface area contributed by atoms with Crippen molar-refractivity contribution in [1.82, 2.24) is 49.7 Å². The smallest absolute Gasteiger partial charge is 0.544 e. The standard InChI is InChI=1S/4C12H8N2.2C10H4O4S3.2C3H7NO.2Co/c4*1-3-9-5-6-10-4-2-8-14-12(10)11(9)13-7-1;2*11-9(12)5-1-3-7(16-5)8-4(15-3)2-6(17-8)10(13)14;2*1-4(2)3-5;;/h4*1-8H;2*1-2H,(H,11,12)(H,13,14);2*3H,1-2H3;;/q;;;;;;;;2*+2/p-4. The second kappa shape index (κ2) is 35.0. The minimum atomic E-state index is -1.21. The van der Waals surface area contributed by atoms with Crippen molar-refractivity contribution in [2.45, 2.75) is 0 Å². The number of carboxylic acids is 4. The van der Waals surface area contributed by atoms with E-state index in [1.807, 2.05) is 48.5 Å². The van der Waals surface area contributed by atoms with Gasteiger partial charge >= 0.3 is 33.6 Å². The van der Waals surface area contributed by atoms with Crippen LogP contribution in [0.3, 0.4) is 0 Å². The van der Waals surface area contributed by atoms with Crippen LogP contribution in [0.5, 0.6) is 0 Å². The molecule has 0 saturated carbocycles. The number of carbonyl (C=O) groups is 6. The SMILES string of the molecule is CN(C)C=O.CN(C)C=O.O=C([O-])c1cc2sc3cc(C(=O)[O-])sc3c2s1.O=C([O-])c1cc2sc3cc(C(=O)[O-])sc3c2s1.[Co+2].[Co+2].c1cnc2c(c1)ccc1cccnc12.c1cnc2c(c1)ccc1cccnc12.c1cnc2c(c1)ccc1cccnc12.c1cnc2c(c1)ccc1cccnc12. The van der Waals surface area contributed by atoms with Crippen molar-refractivity contribution in [2.75, 3.05) is 28.2 Å². The Hall–Kier alpha value is -10.8. The molecule has 0 N–H and O–H groups in total. The molecule has 2 amide bonds. The topological polar surface area (TPSA) is 304 Å². The van der Waals surface area contributed by atoms with Gasteiger partial charge in [0, 0.05) is 140 Å². The Morgan fingerprint density at radius 3 is 0.559 bits per heavy atom. The van der Waals surface area contributed by atoms with Crippen LogP contribution >= 0.6 is 68.0 Å². The van der Waals surface area contributed by atoms with Gasteiger partial charge in [-0.3, -0.25) is 49.5 Å². The molecule has 0 aliphatic rings. The van der Waals surface area contributed by atoms with Crippen molar-refractivity contribution >= 4 is 230 Å². The maximum atomic E-state index is 10.7. The van der Waals surface area contributed by atoms with Crippen LogP contribution in [0.2, 0.25) is 0 Å². The van der Waals surface area contributed by atoms with Crippen LogP contribution in [0.15, 0.2) is 219 Å². The Morgan fingerprint density at radius 2 is 0.431 bits per heavy atom. The first-order valence-corrected chi connectivity index (χ1v) is 34.7. The molecule has 18 aromatic rings. The average Bonchev–Trinajstić information content (AvgIpc) is 1.55. The zero-order chi connectivity index (χ0) is 70.4. The van der Waals surface area contributed by atoms with Gasteiger partial charge in [0.2, 0.25) is 12.8 Å². The Labute approximate surface area is 623 Å². The summed E-state index contributed by atoms with van der Waals surface area (Å²) in [5.41, 5.74) is 7.82. The third kappa shape index (κ3) is 17.9. The molecule has 14 heterocycles. The molecule has 0 saturated heterocycles. The van der Waals surface area contributed by atoms with E-state index in [0.29, 0.717) is 0 Å². The molecule has 0 bridgehead atoms. The van der Waals surface area contributed by atoms with Gasteiger partial charge in [-0.1, -0.05) is 97.1 Å².